The lowest BCUT2D eigenvalue weighted by Crippen LogP contribution is -2.61. The quantitative estimate of drug-likeness (QED) is 0.198. The molecule has 0 bridgehead atoms. The highest BCUT2D eigenvalue weighted by Gasteiger charge is 2.49. The summed E-state index contributed by atoms with van der Waals surface area (Å²) in [4.78, 5) is 12.4. The molecule has 0 aromatic heterocycles. The van der Waals surface area contributed by atoms with Crippen molar-refractivity contribution in [2.24, 2.45) is 0 Å². The number of esters is 1. The van der Waals surface area contributed by atoms with Crippen molar-refractivity contribution >= 4 is 5.97 Å². The number of benzene rings is 3. The Balaban J connectivity index is 1.32. The number of hydrogen-bond acceptors (Lipinski definition) is 9. The molecule has 0 radical (unpaired) electrons. The summed E-state index contributed by atoms with van der Waals surface area (Å²) < 4.78 is 36.8. The predicted octanol–water partition coefficient (Wildman–Crippen LogP) is 3.94. The maximum absolute atomic E-state index is 12.4. The van der Waals surface area contributed by atoms with Crippen LogP contribution >= 0.6 is 0 Å². The molecule has 0 unspecified atom stereocenters. The Kier molecular flexibility index (Phi) is 12.1. The Morgan fingerprint density at radius 2 is 1.43 bits per heavy atom. The smallest absolute Gasteiger partial charge is 0.323 e. The standard InChI is InChI=1S/C35H41NO8/c1-2-18-40-34(38)29-19-28(20-36-29)43-35-31(37)33(42-23-27-16-10-5-11-17-27)32(41-22-26-14-8-4-9-15-26)30(44-35)24-39-21-25-12-6-3-7-13-25/h2-17,28-33,35-37H,1,18-24H2/t28-,29-,30+,31-,32+,33+,35+/m0/s1. The van der Waals surface area contributed by atoms with Crippen molar-refractivity contribution in [2.75, 3.05) is 19.8 Å². The maximum atomic E-state index is 12.4. The molecule has 44 heavy (non-hydrogen) atoms. The first-order valence-electron chi connectivity index (χ1n) is 15.0. The highest BCUT2D eigenvalue weighted by molar-refractivity contribution is 5.76. The van der Waals surface area contributed by atoms with Gasteiger partial charge in [-0.3, -0.25) is 4.79 Å². The fraction of sp³-hybridized carbons (Fsp3) is 0.400. The third-order valence-corrected chi connectivity index (χ3v) is 7.62. The number of aliphatic hydroxyl groups is 1. The average molecular weight is 604 g/mol. The van der Waals surface area contributed by atoms with Crippen LogP contribution in [0.15, 0.2) is 104 Å². The molecule has 0 aliphatic carbocycles. The first-order chi connectivity index (χ1) is 21.6. The van der Waals surface area contributed by atoms with Crippen LogP contribution in [0.3, 0.4) is 0 Å². The van der Waals surface area contributed by atoms with Gasteiger partial charge in [0.2, 0.25) is 0 Å². The summed E-state index contributed by atoms with van der Waals surface area (Å²) in [6.07, 6.45) is -2.75. The molecule has 9 nitrogen and oxygen atoms in total. The van der Waals surface area contributed by atoms with E-state index in [9.17, 15) is 9.90 Å². The zero-order valence-electron chi connectivity index (χ0n) is 24.7. The highest BCUT2D eigenvalue weighted by atomic mass is 16.7. The average Bonchev–Trinajstić information content (AvgIpc) is 3.54. The summed E-state index contributed by atoms with van der Waals surface area (Å²) in [6.45, 7) is 5.26. The van der Waals surface area contributed by atoms with E-state index in [4.69, 9.17) is 28.4 Å². The Labute approximate surface area is 258 Å². The Hall–Kier alpha value is -3.41. The molecular weight excluding hydrogens is 562 g/mol. The molecule has 2 aliphatic rings. The van der Waals surface area contributed by atoms with Gasteiger partial charge in [0.25, 0.3) is 0 Å². The van der Waals surface area contributed by atoms with Crippen molar-refractivity contribution in [1.29, 1.82) is 0 Å². The number of hydrogen-bond donors (Lipinski definition) is 2. The molecule has 3 aromatic carbocycles. The van der Waals surface area contributed by atoms with E-state index in [2.05, 4.69) is 11.9 Å². The first kappa shape index (κ1) is 32.0. The summed E-state index contributed by atoms with van der Waals surface area (Å²) in [7, 11) is 0. The lowest BCUT2D eigenvalue weighted by atomic mass is 9.98. The Morgan fingerprint density at radius 3 is 2.02 bits per heavy atom. The molecule has 5 rings (SSSR count). The van der Waals surface area contributed by atoms with Gasteiger partial charge in [0, 0.05) is 13.0 Å². The van der Waals surface area contributed by atoms with Crippen LogP contribution in [0.1, 0.15) is 23.1 Å². The van der Waals surface area contributed by atoms with Crippen LogP contribution in [0.4, 0.5) is 0 Å². The third-order valence-electron chi connectivity index (χ3n) is 7.62. The van der Waals surface area contributed by atoms with Crippen LogP contribution in [0.2, 0.25) is 0 Å². The van der Waals surface area contributed by atoms with E-state index in [1.165, 1.54) is 6.08 Å². The topological polar surface area (TPSA) is 105 Å². The molecule has 0 amide bonds. The fourth-order valence-corrected chi connectivity index (χ4v) is 5.35. The summed E-state index contributed by atoms with van der Waals surface area (Å²) >= 11 is 0. The van der Waals surface area contributed by atoms with E-state index in [-0.39, 0.29) is 25.8 Å². The zero-order chi connectivity index (χ0) is 30.6. The molecule has 0 saturated carbocycles. The summed E-state index contributed by atoms with van der Waals surface area (Å²) in [6, 6.07) is 28.9. The second-order valence-corrected chi connectivity index (χ2v) is 10.9. The summed E-state index contributed by atoms with van der Waals surface area (Å²) in [5, 5.41) is 14.8. The lowest BCUT2D eigenvalue weighted by Gasteiger charge is -2.44. The molecule has 2 fully saturated rings. The number of nitrogens with one attached hydrogen (secondary N) is 1. The van der Waals surface area contributed by atoms with Crippen molar-refractivity contribution in [3.05, 3.63) is 120 Å². The van der Waals surface area contributed by atoms with E-state index in [0.29, 0.717) is 26.2 Å². The van der Waals surface area contributed by atoms with Crippen molar-refractivity contribution in [1.82, 2.24) is 5.32 Å². The zero-order valence-corrected chi connectivity index (χ0v) is 24.7. The highest BCUT2D eigenvalue weighted by Crippen LogP contribution is 2.30. The Bertz CT molecular complexity index is 1280. The number of rotatable bonds is 15. The van der Waals surface area contributed by atoms with Crippen molar-refractivity contribution in [3.8, 4) is 0 Å². The molecule has 3 aromatic rings. The van der Waals surface area contributed by atoms with Crippen molar-refractivity contribution < 1.29 is 38.3 Å². The van der Waals surface area contributed by atoms with Gasteiger partial charge in [0.1, 0.15) is 37.1 Å². The predicted molar refractivity (Wildman–Crippen MR) is 163 cm³/mol. The van der Waals surface area contributed by atoms with Crippen LogP contribution in [0, 0.1) is 0 Å². The van der Waals surface area contributed by atoms with E-state index in [1.807, 2.05) is 91.0 Å². The van der Waals surface area contributed by atoms with Crippen LogP contribution in [-0.2, 0) is 53.0 Å². The van der Waals surface area contributed by atoms with Gasteiger partial charge in [-0.15, -0.1) is 0 Å². The van der Waals surface area contributed by atoms with Crippen LogP contribution in [0.25, 0.3) is 0 Å². The molecule has 2 N–H and O–H groups in total. The number of aliphatic hydroxyl groups excluding tert-OH is 1. The molecule has 2 heterocycles. The molecule has 2 saturated heterocycles. The number of ether oxygens (including phenoxy) is 6. The summed E-state index contributed by atoms with van der Waals surface area (Å²) in [5.41, 5.74) is 2.97. The molecular formula is C35H41NO8. The van der Waals surface area contributed by atoms with Gasteiger partial charge in [-0.1, -0.05) is 104 Å². The van der Waals surface area contributed by atoms with Crippen molar-refractivity contribution in [2.45, 2.75) is 69.1 Å². The molecule has 0 spiro atoms. The second-order valence-electron chi connectivity index (χ2n) is 10.9. The van der Waals surface area contributed by atoms with Gasteiger partial charge in [0.05, 0.1) is 32.5 Å². The van der Waals surface area contributed by atoms with Crippen LogP contribution in [0.5, 0.6) is 0 Å². The van der Waals surface area contributed by atoms with Gasteiger partial charge in [0.15, 0.2) is 6.29 Å². The van der Waals surface area contributed by atoms with Crippen LogP contribution in [-0.4, -0.2) is 73.7 Å². The van der Waals surface area contributed by atoms with Gasteiger partial charge < -0.3 is 38.8 Å². The molecule has 234 valence electrons. The monoisotopic (exact) mass is 603 g/mol. The van der Waals surface area contributed by atoms with Gasteiger partial charge in [-0.05, 0) is 16.7 Å². The van der Waals surface area contributed by atoms with E-state index in [1.54, 1.807) is 0 Å². The summed E-state index contributed by atoms with van der Waals surface area (Å²) in [5.74, 6) is -0.369. The van der Waals surface area contributed by atoms with E-state index >= 15 is 0 Å². The van der Waals surface area contributed by atoms with Gasteiger partial charge in [-0.25, -0.2) is 0 Å². The normalized spacial score (nSPS) is 26.7. The number of carbonyl (C=O) groups excluding carboxylic acids is 1. The fourth-order valence-electron chi connectivity index (χ4n) is 5.35. The SMILES string of the molecule is C=CCOC(=O)[C@@H]1C[C@H](O[C@@H]2O[C@H](COCc3ccccc3)[C@@H](OCc3ccccc3)[C@H](OCc3ccccc3)[C@@H]2O)CN1. The van der Waals surface area contributed by atoms with Gasteiger partial charge >= 0.3 is 5.97 Å². The third kappa shape index (κ3) is 9.06. The second kappa shape index (κ2) is 16.6. The van der Waals surface area contributed by atoms with Crippen molar-refractivity contribution in [3.63, 3.8) is 0 Å². The van der Waals surface area contributed by atoms with Crippen LogP contribution < -0.4 is 5.32 Å². The number of carbonyl (C=O) groups is 1. The minimum atomic E-state index is -1.17. The maximum Gasteiger partial charge on any atom is 0.323 e. The lowest BCUT2D eigenvalue weighted by molar-refractivity contribution is -0.326. The minimum absolute atomic E-state index is 0.141. The molecule has 9 heteroatoms. The largest absolute Gasteiger partial charge is 0.460 e. The first-order valence-corrected chi connectivity index (χ1v) is 15.0. The van der Waals surface area contributed by atoms with E-state index in [0.717, 1.165) is 16.7 Å². The molecule has 7 atom stereocenters. The minimum Gasteiger partial charge on any atom is -0.460 e. The van der Waals surface area contributed by atoms with E-state index < -0.39 is 42.9 Å². The Morgan fingerprint density at radius 1 is 0.864 bits per heavy atom. The van der Waals surface area contributed by atoms with Gasteiger partial charge in [-0.2, -0.15) is 0 Å². The molecule has 2 aliphatic heterocycles.